The fraction of sp³-hybridized carbons (Fsp3) is 0.350. The van der Waals surface area contributed by atoms with Crippen LogP contribution in [0, 0.1) is 0 Å². The van der Waals surface area contributed by atoms with Gasteiger partial charge in [0.1, 0.15) is 18.2 Å². The van der Waals surface area contributed by atoms with E-state index in [1.165, 1.54) is 0 Å². The minimum Gasteiger partial charge on any atom is -0.487 e. The van der Waals surface area contributed by atoms with Crippen LogP contribution in [0.3, 0.4) is 0 Å². The highest BCUT2D eigenvalue weighted by Gasteiger charge is 2.24. The summed E-state index contributed by atoms with van der Waals surface area (Å²) < 4.78 is 7.72. The normalized spacial score (nSPS) is 15.0. The van der Waals surface area contributed by atoms with Crippen molar-refractivity contribution in [3.63, 3.8) is 0 Å². The lowest BCUT2D eigenvalue weighted by atomic mass is 10.2. The highest BCUT2D eigenvalue weighted by molar-refractivity contribution is 5.92. The molecule has 0 saturated carbocycles. The van der Waals surface area contributed by atoms with Crippen LogP contribution >= 0.6 is 0 Å². The number of aromatic amines is 1. The number of hydrogen-bond donors (Lipinski definition) is 1. The number of amides is 1. The Hall–Kier alpha value is -3.13. The molecule has 0 atom stereocenters. The predicted octanol–water partition coefficient (Wildman–Crippen LogP) is 1.68. The van der Waals surface area contributed by atoms with E-state index in [0.29, 0.717) is 25.4 Å². The number of imidazole rings is 1. The van der Waals surface area contributed by atoms with Crippen LogP contribution in [0.2, 0.25) is 0 Å². The van der Waals surface area contributed by atoms with Gasteiger partial charge in [-0.05, 0) is 18.2 Å². The molecule has 0 aliphatic carbocycles. The van der Waals surface area contributed by atoms with Gasteiger partial charge in [0.15, 0.2) is 5.69 Å². The number of carbonyl (C=O) groups is 1. The SMILES string of the molecule is Cn1ccnc1CN1CCN(C(=O)c2cc(COc3ccccc3)[nH]n2)CC1. The number of nitrogens with one attached hydrogen (secondary N) is 1. The summed E-state index contributed by atoms with van der Waals surface area (Å²) in [6.45, 7) is 4.18. The van der Waals surface area contributed by atoms with Crippen LogP contribution in [0.25, 0.3) is 0 Å². The van der Waals surface area contributed by atoms with Crippen LogP contribution in [0.1, 0.15) is 22.0 Å². The molecule has 2 aromatic heterocycles. The van der Waals surface area contributed by atoms with E-state index in [0.717, 1.165) is 36.9 Å². The summed E-state index contributed by atoms with van der Waals surface area (Å²) in [4.78, 5) is 21.3. The van der Waals surface area contributed by atoms with Crippen molar-refractivity contribution in [3.8, 4) is 5.75 Å². The third-order valence-electron chi connectivity index (χ3n) is 4.93. The first-order chi connectivity index (χ1) is 13.7. The van der Waals surface area contributed by atoms with E-state index >= 15 is 0 Å². The maximum Gasteiger partial charge on any atom is 0.274 e. The predicted molar refractivity (Wildman–Crippen MR) is 104 cm³/mol. The molecule has 0 unspecified atom stereocenters. The number of benzene rings is 1. The smallest absolute Gasteiger partial charge is 0.274 e. The molecule has 28 heavy (non-hydrogen) atoms. The van der Waals surface area contributed by atoms with Crippen molar-refractivity contribution in [3.05, 3.63) is 66.0 Å². The molecule has 8 heteroatoms. The zero-order valence-corrected chi connectivity index (χ0v) is 15.9. The van der Waals surface area contributed by atoms with Crippen LogP contribution in [-0.4, -0.2) is 61.6 Å². The largest absolute Gasteiger partial charge is 0.487 e. The van der Waals surface area contributed by atoms with Crippen molar-refractivity contribution in [2.45, 2.75) is 13.2 Å². The molecular formula is C20H24N6O2. The first-order valence-corrected chi connectivity index (χ1v) is 9.39. The molecule has 8 nitrogen and oxygen atoms in total. The second kappa shape index (κ2) is 8.26. The monoisotopic (exact) mass is 380 g/mol. The summed E-state index contributed by atoms with van der Waals surface area (Å²) in [5.41, 5.74) is 1.21. The molecule has 0 bridgehead atoms. The molecule has 1 saturated heterocycles. The maximum absolute atomic E-state index is 12.7. The second-order valence-corrected chi connectivity index (χ2v) is 6.90. The Bertz CT molecular complexity index is 912. The number of hydrogen-bond acceptors (Lipinski definition) is 5. The van der Waals surface area contributed by atoms with Crippen molar-refractivity contribution < 1.29 is 9.53 Å². The molecular weight excluding hydrogens is 356 g/mol. The number of carbonyl (C=O) groups excluding carboxylic acids is 1. The number of aromatic nitrogens is 4. The Morgan fingerprint density at radius 3 is 2.68 bits per heavy atom. The van der Waals surface area contributed by atoms with Gasteiger partial charge in [0.2, 0.25) is 0 Å². The third kappa shape index (κ3) is 4.23. The summed E-state index contributed by atoms with van der Waals surface area (Å²) in [5, 5.41) is 7.07. The van der Waals surface area contributed by atoms with Gasteiger partial charge in [0.25, 0.3) is 5.91 Å². The van der Waals surface area contributed by atoms with Crippen molar-refractivity contribution in [1.29, 1.82) is 0 Å². The van der Waals surface area contributed by atoms with Crippen LogP contribution in [0.4, 0.5) is 0 Å². The maximum atomic E-state index is 12.7. The zero-order valence-electron chi connectivity index (χ0n) is 15.9. The molecule has 1 aliphatic heterocycles. The van der Waals surface area contributed by atoms with E-state index in [4.69, 9.17) is 4.74 Å². The molecule has 146 valence electrons. The average Bonchev–Trinajstić information content (AvgIpc) is 3.37. The van der Waals surface area contributed by atoms with Gasteiger partial charge in [-0.25, -0.2) is 4.98 Å². The second-order valence-electron chi connectivity index (χ2n) is 6.90. The molecule has 1 amide bonds. The van der Waals surface area contributed by atoms with Gasteiger partial charge in [0.05, 0.1) is 12.2 Å². The number of para-hydroxylation sites is 1. The number of piperazine rings is 1. The van der Waals surface area contributed by atoms with Crippen molar-refractivity contribution in [1.82, 2.24) is 29.5 Å². The highest BCUT2D eigenvalue weighted by Crippen LogP contribution is 2.13. The molecule has 0 spiro atoms. The standard InChI is InChI=1S/C20H24N6O2/c1-24-8-7-21-19(24)14-25-9-11-26(12-10-25)20(27)18-13-16(22-23-18)15-28-17-5-3-2-4-6-17/h2-8,13H,9-12,14-15H2,1H3,(H,22,23). The van der Waals surface area contributed by atoms with Gasteiger partial charge < -0.3 is 14.2 Å². The molecule has 1 aliphatic rings. The lowest BCUT2D eigenvalue weighted by Gasteiger charge is -2.34. The Kier molecular flexibility index (Phi) is 5.38. The average molecular weight is 380 g/mol. The summed E-state index contributed by atoms with van der Waals surface area (Å²) in [5.74, 6) is 1.78. The molecule has 1 fully saturated rings. The van der Waals surface area contributed by atoms with Gasteiger partial charge in [-0.2, -0.15) is 5.10 Å². The fourth-order valence-corrected chi connectivity index (χ4v) is 3.24. The number of ether oxygens (including phenoxy) is 1. The molecule has 1 N–H and O–H groups in total. The number of H-pyrrole nitrogens is 1. The quantitative estimate of drug-likeness (QED) is 0.704. The first-order valence-electron chi connectivity index (χ1n) is 9.39. The first kappa shape index (κ1) is 18.2. The van der Waals surface area contributed by atoms with Gasteiger partial charge in [-0.3, -0.25) is 14.8 Å². The Balaban J connectivity index is 1.28. The molecule has 3 aromatic rings. The molecule has 4 rings (SSSR count). The Morgan fingerprint density at radius 2 is 1.96 bits per heavy atom. The van der Waals surface area contributed by atoms with E-state index < -0.39 is 0 Å². The van der Waals surface area contributed by atoms with Crippen molar-refractivity contribution in [2.75, 3.05) is 26.2 Å². The number of aryl methyl sites for hydroxylation is 1. The Labute approximate surface area is 163 Å². The molecule has 0 radical (unpaired) electrons. The lowest BCUT2D eigenvalue weighted by Crippen LogP contribution is -2.48. The van der Waals surface area contributed by atoms with Gasteiger partial charge >= 0.3 is 0 Å². The van der Waals surface area contributed by atoms with E-state index in [9.17, 15) is 4.79 Å². The summed E-state index contributed by atoms with van der Waals surface area (Å²) in [6, 6.07) is 11.3. The van der Waals surface area contributed by atoms with E-state index in [2.05, 4.69) is 20.1 Å². The van der Waals surface area contributed by atoms with E-state index in [-0.39, 0.29) is 5.91 Å². The van der Waals surface area contributed by atoms with E-state index in [1.807, 2.05) is 59.2 Å². The topological polar surface area (TPSA) is 79.3 Å². The van der Waals surface area contributed by atoms with E-state index in [1.54, 1.807) is 6.07 Å². The van der Waals surface area contributed by atoms with Crippen molar-refractivity contribution >= 4 is 5.91 Å². The Morgan fingerprint density at radius 1 is 1.18 bits per heavy atom. The zero-order chi connectivity index (χ0) is 19.3. The van der Waals surface area contributed by atoms with Crippen LogP contribution < -0.4 is 4.74 Å². The third-order valence-corrected chi connectivity index (χ3v) is 4.93. The molecule has 3 heterocycles. The minimum absolute atomic E-state index is 0.0427. The van der Waals surface area contributed by atoms with Gasteiger partial charge in [-0.15, -0.1) is 0 Å². The molecule has 1 aromatic carbocycles. The van der Waals surface area contributed by atoms with Gasteiger partial charge in [-0.1, -0.05) is 18.2 Å². The van der Waals surface area contributed by atoms with Gasteiger partial charge in [0, 0.05) is 45.6 Å². The number of rotatable bonds is 6. The van der Waals surface area contributed by atoms with Crippen molar-refractivity contribution in [2.24, 2.45) is 7.05 Å². The van der Waals surface area contributed by atoms with Crippen LogP contribution in [0.15, 0.2) is 48.8 Å². The highest BCUT2D eigenvalue weighted by atomic mass is 16.5. The number of nitrogens with zero attached hydrogens (tertiary/aromatic N) is 5. The van der Waals surface area contributed by atoms with Crippen LogP contribution in [0.5, 0.6) is 5.75 Å². The minimum atomic E-state index is -0.0427. The summed E-state index contributed by atoms with van der Waals surface area (Å²) >= 11 is 0. The summed E-state index contributed by atoms with van der Waals surface area (Å²) in [6.07, 6.45) is 3.76. The van der Waals surface area contributed by atoms with Crippen LogP contribution in [-0.2, 0) is 20.2 Å². The lowest BCUT2D eigenvalue weighted by molar-refractivity contribution is 0.0618. The summed E-state index contributed by atoms with van der Waals surface area (Å²) in [7, 11) is 2.00. The fourth-order valence-electron chi connectivity index (χ4n) is 3.24.